The lowest BCUT2D eigenvalue weighted by atomic mass is 10.1. The molecule has 1 aromatic heterocycles. The Kier molecular flexibility index (Phi) is 4.95. The van der Waals surface area contributed by atoms with E-state index in [1.807, 2.05) is 43.1 Å². The third kappa shape index (κ3) is 3.95. The smallest absolute Gasteiger partial charge is 0.255 e. The number of hydrogen-bond acceptors (Lipinski definition) is 4. The number of aromatic nitrogens is 2. The number of aryl methyl sites for hydroxylation is 1. The number of nitrogens with zero attached hydrogens (tertiary/aromatic N) is 3. The first kappa shape index (κ1) is 16.9. The summed E-state index contributed by atoms with van der Waals surface area (Å²) in [6.45, 7) is 1.95. The molecule has 2 aromatic carbocycles. The standard InChI is InChI=1S/C19H17ClN4O/c1-13-4-3-5-14(8-13)19(25)23-15-6-7-17(20)18(9-15)24(2)16-10-21-12-22-11-16/h3-12H,1-2H3,(H,23,25). The highest BCUT2D eigenvalue weighted by Crippen LogP contribution is 2.32. The summed E-state index contributed by atoms with van der Waals surface area (Å²) < 4.78 is 0. The molecule has 0 bridgehead atoms. The molecule has 0 atom stereocenters. The molecule has 126 valence electrons. The van der Waals surface area contributed by atoms with Gasteiger partial charge in [-0.05, 0) is 37.3 Å². The van der Waals surface area contributed by atoms with Crippen LogP contribution in [0.5, 0.6) is 0 Å². The van der Waals surface area contributed by atoms with E-state index in [1.165, 1.54) is 6.33 Å². The number of anilines is 3. The third-order valence-electron chi connectivity index (χ3n) is 3.78. The van der Waals surface area contributed by atoms with Gasteiger partial charge in [-0.1, -0.05) is 29.3 Å². The van der Waals surface area contributed by atoms with Gasteiger partial charge in [0.1, 0.15) is 6.33 Å². The van der Waals surface area contributed by atoms with E-state index in [9.17, 15) is 4.79 Å². The fraction of sp³-hybridized carbons (Fsp3) is 0.105. The Balaban J connectivity index is 1.85. The van der Waals surface area contributed by atoms with Crippen LogP contribution in [0.3, 0.4) is 0 Å². The van der Waals surface area contributed by atoms with Crippen molar-refractivity contribution in [3.63, 3.8) is 0 Å². The molecule has 0 spiro atoms. The molecule has 0 aliphatic carbocycles. The Bertz CT molecular complexity index is 899. The maximum absolute atomic E-state index is 12.4. The van der Waals surface area contributed by atoms with Gasteiger partial charge < -0.3 is 10.2 Å². The molecule has 6 heteroatoms. The van der Waals surface area contributed by atoms with Crippen molar-refractivity contribution in [3.8, 4) is 0 Å². The molecule has 0 aliphatic heterocycles. The highest BCUT2D eigenvalue weighted by Gasteiger charge is 2.12. The minimum atomic E-state index is -0.164. The first-order chi connectivity index (χ1) is 12.0. The highest BCUT2D eigenvalue weighted by molar-refractivity contribution is 6.33. The summed E-state index contributed by atoms with van der Waals surface area (Å²) >= 11 is 6.32. The van der Waals surface area contributed by atoms with Crippen molar-refractivity contribution in [1.29, 1.82) is 0 Å². The van der Waals surface area contributed by atoms with Gasteiger partial charge >= 0.3 is 0 Å². The van der Waals surface area contributed by atoms with Gasteiger partial charge in [0.15, 0.2) is 0 Å². The zero-order valence-electron chi connectivity index (χ0n) is 13.9. The lowest BCUT2D eigenvalue weighted by Gasteiger charge is -2.20. The number of hydrogen-bond donors (Lipinski definition) is 1. The number of rotatable bonds is 4. The minimum Gasteiger partial charge on any atom is -0.341 e. The molecule has 0 radical (unpaired) electrons. The zero-order valence-corrected chi connectivity index (χ0v) is 14.7. The predicted molar refractivity (Wildman–Crippen MR) is 101 cm³/mol. The van der Waals surface area contributed by atoms with Crippen LogP contribution in [0.15, 0.2) is 61.2 Å². The summed E-state index contributed by atoms with van der Waals surface area (Å²) in [4.78, 5) is 22.3. The summed E-state index contributed by atoms with van der Waals surface area (Å²) in [6.07, 6.45) is 4.86. The summed E-state index contributed by atoms with van der Waals surface area (Å²) in [5.41, 5.74) is 3.86. The molecule has 3 rings (SSSR count). The second-order valence-electron chi connectivity index (χ2n) is 5.65. The molecule has 0 fully saturated rings. The predicted octanol–water partition coefficient (Wildman–Crippen LogP) is 4.46. The van der Waals surface area contributed by atoms with Gasteiger partial charge in [-0.15, -0.1) is 0 Å². The van der Waals surface area contributed by atoms with Gasteiger partial charge in [0.2, 0.25) is 0 Å². The maximum atomic E-state index is 12.4. The molecule has 0 aliphatic rings. The lowest BCUT2D eigenvalue weighted by molar-refractivity contribution is 0.102. The maximum Gasteiger partial charge on any atom is 0.255 e. The summed E-state index contributed by atoms with van der Waals surface area (Å²) in [6, 6.07) is 12.8. The average Bonchev–Trinajstić information content (AvgIpc) is 2.63. The van der Waals surface area contributed by atoms with Crippen molar-refractivity contribution in [2.75, 3.05) is 17.3 Å². The van der Waals surface area contributed by atoms with E-state index in [0.717, 1.165) is 16.9 Å². The Labute approximate surface area is 151 Å². The number of benzene rings is 2. The normalized spacial score (nSPS) is 10.4. The molecular weight excluding hydrogens is 336 g/mol. The van der Waals surface area contributed by atoms with E-state index < -0.39 is 0 Å². The largest absolute Gasteiger partial charge is 0.341 e. The number of nitrogens with one attached hydrogen (secondary N) is 1. The van der Waals surface area contributed by atoms with E-state index in [4.69, 9.17) is 11.6 Å². The van der Waals surface area contributed by atoms with Crippen molar-refractivity contribution >= 4 is 34.6 Å². The topological polar surface area (TPSA) is 58.1 Å². The summed E-state index contributed by atoms with van der Waals surface area (Å²) in [5, 5.41) is 3.47. The van der Waals surface area contributed by atoms with Crippen LogP contribution in [0, 0.1) is 6.92 Å². The van der Waals surface area contributed by atoms with Crippen LogP contribution < -0.4 is 10.2 Å². The second-order valence-corrected chi connectivity index (χ2v) is 6.05. The molecule has 25 heavy (non-hydrogen) atoms. The Morgan fingerprint density at radius 3 is 2.60 bits per heavy atom. The molecule has 5 nitrogen and oxygen atoms in total. The van der Waals surface area contributed by atoms with Crippen molar-refractivity contribution in [1.82, 2.24) is 9.97 Å². The van der Waals surface area contributed by atoms with E-state index >= 15 is 0 Å². The SMILES string of the molecule is Cc1cccc(C(=O)Nc2ccc(Cl)c(N(C)c3cncnc3)c2)c1. The Hall–Kier alpha value is -2.92. The van der Waals surface area contributed by atoms with Crippen LogP contribution in [-0.2, 0) is 0 Å². The van der Waals surface area contributed by atoms with Gasteiger partial charge in [-0.25, -0.2) is 9.97 Å². The lowest BCUT2D eigenvalue weighted by Crippen LogP contribution is -2.14. The molecule has 0 saturated carbocycles. The molecular formula is C19H17ClN4O. The molecule has 1 amide bonds. The van der Waals surface area contributed by atoms with Crippen LogP contribution in [0.4, 0.5) is 17.1 Å². The number of carbonyl (C=O) groups excluding carboxylic acids is 1. The number of carbonyl (C=O) groups is 1. The van der Waals surface area contributed by atoms with E-state index in [2.05, 4.69) is 15.3 Å². The average molecular weight is 353 g/mol. The number of amides is 1. The Morgan fingerprint density at radius 2 is 1.88 bits per heavy atom. The molecule has 3 aromatic rings. The quantitative estimate of drug-likeness (QED) is 0.753. The van der Waals surface area contributed by atoms with Gasteiger partial charge in [-0.3, -0.25) is 4.79 Å². The molecule has 0 unspecified atom stereocenters. The van der Waals surface area contributed by atoms with Gasteiger partial charge in [0.25, 0.3) is 5.91 Å². The second kappa shape index (κ2) is 7.32. The summed E-state index contributed by atoms with van der Waals surface area (Å²) in [5.74, 6) is -0.164. The summed E-state index contributed by atoms with van der Waals surface area (Å²) in [7, 11) is 1.87. The molecule has 1 heterocycles. The monoisotopic (exact) mass is 352 g/mol. The van der Waals surface area contributed by atoms with E-state index in [0.29, 0.717) is 16.3 Å². The number of halogens is 1. The van der Waals surface area contributed by atoms with Crippen LogP contribution in [0.1, 0.15) is 15.9 Å². The van der Waals surface area contributed by atoms with E-state index in [-0.39, 0.29) is 5.91 Å². The van der Waals surface area contributed by atoms with Crippen LogP contribution in [0.25, 0.3) is 0 Å². The first-order valence-corrected chi connectivity index (χ1v) is 8.09. The van der Waals surface area contributed by atoms with Crippen LogP contribution in [-0.4, -0.2) is 22.9 Å². The van der Waals surface area contributed by atoms with E-state index in [1.54, 1.807) is 30.6 Å². The third-order valence-corrected chi connectivity index (χ3v) is 4.10. The van der Waals surface area contributed by atoms with Gasteiger partial charge in [0.05, 0.1) is 28.8 Å². The van der Waals surface area contributed by atoms with Crippen molar-refractivity contribution in [3.05, 3.63) is 77.3 Å². The first-order valence-electron chi connectivity index (χ1n) is 7.71. The van der Waals surface area contributed by atoms with Crippen molar-refractivity contribution < 1.29 is 4.79 Å². The zero-order chi connectivity index (χ0) is 17.8. The molecule has 0 saturated heterocycles. The van der Waals surface area contributed by atoms with Gasteiger partial charge in [0, 0.05) is 18.3 Å². The minimum absolute atomic E-state index is 0.164. The fourth-order valence-corrected chi connectivity index (χ4v) is 2.68. The fourth-order valence-electron chi connectivity index (χ4n) is 2.44. The van der Waals surface area contributed by atoms with Crippen molar-refractivity contribution in [2.45, 2.75) is 6.92 Å². The van der Waals surface area contributed by atoms with Crippen LogP contribution in [0.2, 0.25) is 5.02 Å². The highest BCUT2D eigenvalue weighted by atomic mass is 35.5. The Morgan fingerprint density at radius 1 is 1.12 bits per heavy atom. The van der Waals surface area contributed by atoms with Crippen LogP contribution >= 0.6 is 11.6 Å². The van der Waals surface area contributed by atoms with Crippen molar-refractivity contribution in [2.24, 2.45) is 0 Å². The van der Waals surface area contributed by atoms with Gasteiger partial charge in [-0.2, -0.15) is 0 Å². The molecule has 1 N–H and O–H groups in total.